The predicted octanol–water partition coefficient (Wildman–Crippen LogP) is 4.44. The average molecular weight is 360 g/mol. The van der Waals surface area contributed by atoms with Crippen molar-refractivity contribution >= 4 is 23.2 Å². The van der Waals surface area contributed by atoms with Crippen LogP contribution in [0.15, 0.2) is 18.2 Å². The summed E-state index contributed by atoms with van der Waals surface area (Å²) in [6, 6.07) is 6.14. The minimum absolute atomic E-state index is 0.500. The lowest BCUT2D eigenvalue weighted by Gasteiger charge is -2.34. The summed E-state index contributed by atoms with van der Waals surface area (Å²) in [6.07, 6.45) is 4.48. The highest BCUT2D eigenvalue weighted by Gasteiger charge is 2.20. The van der Waals surface area contributed by atoms with E-state index in [0.29, 0.717) is 17.7 Å². The van der Waals surface area contributed by atoms with Gasteiger partial charge in [-0.3, -0.25) is 4.90 Å². The van der Waals surface area contributed by atoms with E-state index in [9.17, 15) is 0 Å². The molecule has 0 saturated carbocycles. The molecule has 0 spiro atoms. The number of hydrogen-bond acceptors (Lipinski definition) is 3. The second kappa shape index (κ2) is 10.5. The SMILES string of the molecule is CCCCC(COCCc1ccc(Cl)cc1Cl)N1CCOCC1. The number of hydrogen-bond donors (Lipinski definition) is 0. The van der Waals surface area contributed by atoms with Crippen LogP contribution in [-0.4, -0.2) is 50.5 Å². The molecule has 1 fully saturated rings. The van der Waals surface area contributed by atoms with Crippen molar-refractivity contribution < 1.29 is 9.47 Å². The fourth-order valence-electron chi connectivity index (χ4n) is 2.88. The Bertz CT molecular complexity index is 464. The predicted molar refractivity (Wildman–Crippen MR) is 96.7 cm³/mol. The van der Waals surface area contributed by atoms with Crippen LogP contribution in [0.3, 0.4) is 0 Å². The zero-order valence-electron chi connectivity index (χ0n) is 13.9. The van der Waals surface area contributed by atoms with E-state index < -0.39 is 0 Å². The Morgan fingerprint density at radius 2 is 2.04 bits per heavy atom. The van der Waals surface area contributed by atoms with Gasteiger partial charge < -0.3 is 9.47 Å². The maximum Gasteiger partial charge on any atom is 0.0622 e. The minimum Gasteiger partial charge on any atom is -0.379 e. The molecule has 1 aliphatic rings. The summed E-state index contributed by atoms with van der Waals surface area (Å²) in [6.45, 7) is 7.41. The quantitative estimate of drug-likeness (QED) is 0.608. The number of rotatable bonds is 9. The second-order valence-corrected chi connectivity index (χ2v) is 6.85. The van der Waals surface area contributed by atoms with E-state index in [1.165, 1.54) is 19.3 Å². The highest BCUT2D eigenvalue weighted by Crippen LogP contribution is 2.21. The molecule has 3 nitrogen and oxygen atoms in total. The van der Waals surface area contributed by atoms with Crippen LogP contribution < -0.4 is 0 Å². The maximum atomic E-state index is 6.20. The van der Waals surface area contributed by atoms with Crippen molar-refractivity contribution in [2.45, 2.75) is 38.6 Å². The van der Waals surface area contributed by atoms with Gasteiger partial charge in [-0.2, -0.15) is 0 Å². The summed E-state index contributed by atoms with van der Waals surface area (Å²) >= 11 is 12.1. The molecule has 1 aromatic carbocycles. The van der Waals surface area contributed by atoms with Gasteiger partial charge in [-0.1, -0.05) is 49.0 Å². The Balaban J connectivity index is 1.76. The second-order valence-electron chi connectivity index (χ2n) is 6.01. The molecule has 2 rings (SSSR count). The van der Waals surface area contributed by atoms with E-state index in [0.717, 1.165) is 49.9 Å². The van der Waals surface area contributed by atoms with Gasteiger partial charge in [0.2, 0.25) is 0 Å². The molecule has 0 amide bonds. The molecule has 0 N–H and O–H groups in total. The van der Waals surface area contributed by atoms with Crippen LogP contribution >= 0.6 is 23.2 Å². The van der Waals surface area contributed by atoms with Gasteiger partial charge in [0, 0.05) is 29.2 Å². The summed E-state index contributed by atoms with van der Waals surface area (Å²) in [5.41, 5.74) is 1.09. The summed E-state index contributed by atoms with van der Waals surface area (Å²) in [4.78, 5) is 2.51. The smallest absolute Gasteiger partial charge is 0.0622 e. The van der Waals surface area contributed by atoms with Gasteiger partial charge in [0.05, 0.1) is 26.4 Å². The molecule has 0 bridgehead atoms. The highest BCUT2D eigenvalue weighted by molar-refractivity contribution is 6.35. The molecule has 1 heterocycles. The van der Waals surface area contributed by atoms with Gasteiger partial charge in [-0.25, -0.2) is 0 Å². The number of ether oxygens (including phenoxy) is 2. The van der Waals surface area contributed by atoms with Crippen molar-refractivity contribution in [1.29, 1.82) is 0 Å². The number of nitrogens with zero attached hydrogens (tertiary/aromatic N) is 1. The van der Waals surface area contributed by atoms with Crippen LogP contribution in [-0.2, 0) is 15.9 Å². The molecule has 0 aromatic heterocycles. The van der Waals surface area contributed by atoms with E-state index in [4.69, 9.17) is 32.7 Å². The van der Waals surface area contributed by atoms with Crippen molar-refractivity contribution in [3.05, 3.63) is 33.8 Å². The first-order valence-corrected chi connectivity index (χ1v) is 9.29. The van der Waals surface area contributed by atoms with Gasteiger partial charge in [-0.15, -0.1) is 0 Å². The van der Waals surface area contributed by atoms with Crippen LogP contribution in [0.4, 0.5) is 0 Å². The number of benzene rings is 1. The molecule has 1 unspecified atom stereocenters. The van der Waals surface area contributed by atoms with Crippen LogP contribution in [0.1, 0.15) is 31.7 Å². The maximum absolute atomic E-state index is 6.20. The Labute approximate surface area is 149 Å². The highest BCUT2D eigenvalue weighted by atomic mass is 35.5. The molecule has 5 heteroatoms. The summed E-state index contributed by atoms with van der Waals surface area (Å²) in [7, 11) is 0. The third-order valence-electron chi connectivity index (χ3n) is 4.29. The first kappa shape index (κ1) is 19.0. The first-order valence-electron chi connectivity index (χ1n) is 8.54. The fraction of sp³-hybridized carbons (Fsp3) is 0.667. The van der Waals surface area contributed by atoms with Crippen LogP contribution in [0.25, 0.3) is 0 Å². The molecule has 23 heavy (non-hydrogen) atoms. The van der Waals surface area contributed by atoms with Crippen LogP contribution in [0.2, 0.25) is 10.0 Å². The molecule has 1 atom stereocenters. The van der Waals surface area contributed by atoms with Crippen molar-refractivity contribution in [2.24, 2.45) is 0 Å². The third-order valence-corrected chi connectivity index (χ3v) is 4.88. The summed E-state index contributed by atoms with van der Waals surface area (Å²) in [5.74, 6) is 0. The zero-order valence-corrected chi connectivity index (χ0v) is 15.4. The number of unbranched alkanes of at least 4 members (excludes halogenated alkanes) is 1. The lowest BCUT2D eigenvalue weighted by molar-refractivity contribution is -0.0130. The lowest BCUT2D eigenvalue weighted by Crippen LogP contribution is -2.45. The topological polar surface area (TPSA) is 21.7 Å². The number of halogens is 2. The summed E-state index contributed by atoms with van der Waals surface area (Å²) in [5, 5.41) is 1.39. The van der Waals surface area contributed by atoms with E-state index in [-0.39, 0.29) is 0 Å². The third kappa shape index (κ3) is 6.60. The summed E-state index contributed by atoms with van der Waals surface area (Å²) < 4.78 is 11.4. The van der Waals surface area contributed by atoms with Gasteiger partial charge in [0.1, 0.15) is 0 Å². The van der Waals surface area contributed by atoms with Crippen molar-refractivity contribution in [1.82, 2.24) is 4.90 Å². The van der Waals surface area contributed by atoms with Crippen molar-refractivity contribution in [2.75, 3.05) is 39.5 Å². The molecule has 1 aromatic rings. The molecular weight excluding hydrogens is 333 g/mol. The van der Waals surface area contributed by atoms with E-state index >= 15 is 0 Å². The Morgan fingerprint density at radius 1 is 1.26 bits per heavy atom. The van der Waals surface area contributed by atoms with Crippen molar-refractivity contribution in [3.8, 4) is 0 Å². The Kier molecular flexibility index (Phi) is 8.70. The van der Waals surface area contributed by atoms with E-state index in [2.05, 4.69) is 11.8 Å². The molecule has 1 aliphatic heterocycles. The van der Waals surface area contributed by atoms with E-state index in [1.54, 1.807) is 6.07 Å². The van der Waals surface area contributed by atoms with E-state index in [1.807, 2.05) is 12.1 Å². The molecular formula is C18H27Cl2NO2. The standard InChI is InChI=1S/C18H27Cl2NO2/c1-2-3-4-17(21-8-11-22-12-9-21)14-23-10-7-15-5-6-16(19)13-18(15)20/h5-6,13,17H,2-4,7-12,14H2,1H3. The fourth-order valence-corrected chi connectivity index (χ4v) is 3.38. The van der Waals surface area contributed by atoms with Gasteiger partial charge >= 0.3 is 0 Å². The molecule has 1 saturated heterocycles. The Hall–Kier alpha value is -0.320. The molecule has 0 radical (unpaired) electrons. The lowest BCUT2D eigenvalue weighted by atomic mass is 10.1. The Morgan fingerprint density at radius 3 is 2.74 bits per heavy atom. The van der Waals surface area contributed by atoms with Gasteiger partial charge in [0.25, 0.3) is 0 Å². The van der Waals surface area contributed by atoms with Crippen molar-refractivity contribution in [3.63, 3.8) is 0 Å². The van der Waals surface area contributed by atoms with Gasteiger partial charge in [0.15, 0.2) is 0 Å². The van der Waals surface area contributed by atoms with Gasteiger partial charge in [-0.05, 0) is 30.5 Å². The largest absolute Gasteiger partial charge is 0.379 e. The van der Waals surface area contributed by atoms with Crippen LogP contribution in [0.5, 0.6) is 0 Å². The first-order chi connectivity index (χ1) is 11.2. The molecule has 130 valence electrons. The average Bonchev–Trinajstić information content (AvgIpc) is 2.56. The zero-order chi connectivity index (χ0) is 16.5. The van der Waals surface area contributed by atoms with Crippen LogP contribution in [0, 0.1) is 0 Å². The minimum atomic E-state index is 0.500. The monoisotopic (exact) mass is 359 g/mol. The number of morpholine rings is 1. The normalized spacial score (nSPS) is 17.3. The molecule has 0 aliphatic carbocycles.